The van der Waals surface area contributed by atoms with Crippen molar-refractivity contribution < 1.29 is 8.95 Å². The van der Waals surface area contributed by atoms with Crippen molar-refractivity contribution in [3.05, 3.63) is 60.7 Å². The first kappa shape index (κ1) is 35.8. The largest absolute Gasteiger partial charge is 0.407 e. The van der Waals surface area contributed by atoms with Crippen molar-refractivity contribution in [1.29, 1.82) is 0 Å². The molecule has 0 aliphatic heterocycles. The summed E-state index contributed by atoms with van der Waals surface area (Å²) < 4.78 is 18.9. The summed E-state index contributed by atoms with van der Waals surface area (Å²) in [5, 5.41) is 2.69. The quantitative estimate of drug-likeness (QED) is 0.0760. The maximum atomic E-state index is 7.04. The first-order valence-electron chi connectivity index (χ1n) is 14.8. The summed E-state index contributed by atoms with van der Waals surface area (Å²) in [5.41, 5.74) is 0. The molecule has 0 spiro atoms. The summed E-state index contributed by atoms with van der Waals surface area (Å²) in [6.07, 6.45) is 0. The summed E-state index contributed by atoms with van der Waals surface area (Å²) >= 11 is 0. The Bertz CT molecular complexity index is 883. The summed E-state index contributed by atoms with van der Waals surface area (Å²) in [6, 6.07) is 23.6. The van der Waals surface area contributed by atoms with Crippen molar-refractivity contribution in [3.63, 3.8) is 0 Å². The zero-order chi connectivity index (χ0) is 29.9. The first-order valence-corrected chi connectivity index (χ1v) is 20.4. The number of nitrogens with zero attached hydrogens (tertiary/aromatic N) is 2. The summed E-state index contributed by atoms with van der Waals surface area (Å²) in [7, 11) is 0.513. The normalized spacial score (nSPS) is 13.2. The highest BCUT2D eigenvalue weighted by molar-refractivity contribution is 8.76. The van der Waals surface area contributed by atoms with Crippen LogP contribution in [0.2, 0.25) is 5.04 Å². The van der Waals surface area contributed by atoms with Crippen molar-refractivity contribution in [2.24, 2.45) is 0 Å². The van der Waals surface area contributed by atoms with Gasteiger partial charge in [0.2, 0.25) is 0 Å². The van der Waals surface area contributed by atoms with Crippen molar-refractivity contribution in [2.75, 3.05) is 24.7 Å². The van der Waals surface area contributed by atoms with Gasteiger partial charge in [0.25, 0.3) is 8.32 Å². The smallest absolute Gasteiger partial charge is 0.261 e. The van der Waals surface area contributed by atoms with E-state index in [1.54, 1.807) is 0 Å². The molecule has 2 aromatic carbocycles. The predicted molar refractivity (Wildman–Crippen MR) is 186 cm³/mol. The van der Waals surface area contributed by atoms with Gasteiger partial charge in [-0.2, -0.15) is 0 Å². The molecule has 2 rings (SSSR count). The van der Waals surface area contributed by atoms with Crippen molar-refractivity contribution in [3.8, 4) is 0 Å². The highest BCUT2D eigenvalue weighted by Crippen LogP contribution is 2.50. The first-order chi connectivity index (χ1) is 18.8. The van der Waals surface area contributed by atoms with Crippen LogP contribution in [0.15, 0.2) is 60.7 Å². The molecule has 0 heterocycles. The Morgan fingerprint density at radius 1 is 0.650 bits per heavy atom. The molecule has 0 saturated heterocycles. The predicted octanol–water partition coefficient (Wildman–Crippen LogP) is 8.43. The second-order valence-corrected chi connectivity index (χ2v) is 21.1. The third kappa shape index (κ3) is 9.57. The lowest BCUT2D eigenvalue weighted by molar-refractivity contribution is 0.192. The van der Waals surface area contributed by atoms with E-state index >= 15 is 0 Å². The Balaban J connectivity index is 2.01. The van der Waals surface area contributed by atoms with Crippen LogP contribution >= 0.6 is 30.0 Å². The molecule has 0 fully saturated rings. The number of rotatable bonds is 17. The van der Waals surface area contributed by atoms with E-state index in [2.05, 4.69) is 146 Å². The Morgan fingerprint density at radius 2 is 1.02 bits per heavy atom. The SMILES string of the molecule is CC(C)N(C(C)C)P(OCCSSCCO[Si](c1ccccc1)(c1ccccc1)C(C)(C)C)N(C(C)C)C(C)C. The fourth-order valence-electron chi connectivity index (χ4n) is 5.50. The molecule has 0 aliphatic carbocycles. The van der Waals surface area contributed by atoms with E-state index in [0.717, 1.165) is 24.7 Å². The molecule has 0 bridgehead atoms. The molecule has 0 atom stereocenters. The second kappa shape index (κ2) is 17.1. The van der Waals surface area contributed by atoms with Crippen LogP contribution in [0.5, 0.6) is 0 Å². The number of hydrogen-bond acceptors (Lipinski definition) is 6. The van der Waals surface area contributed by atoms with Crippen LogP contribution in [-0.4, -0.2) is 66.5 Å². The molecule has 0 saturated carbocycles. The zero-order valence-corrected chi connectivity index (χ0v) is 30.4. The van der Waals surface area contributed by atoms with Crippen molar-refractivity contribution >= 4 is 48.7 Å². The summed E-state index contributed by atoms with van der Waals surface area (Å²) in [4.78, 5) is 0. The minimum absolute atomic E-state index is 0.00986. The van der Waals surface area contributed by atoms with Crippen LogP contribution in [0, 0.1) is 0 Å². The Kier molecular flexibility index (Phi) is 15.3. The molecule has 0 N–H and O–H groups in total. The van der Waals surface area contributed by atoms with Gasteiger partial charge in [0, 0.05) is 42.3 Å². The van der Waals surface area contributed by atoms with Gasteiger partial charge in [-0.15, -0.1) is 0 Å². The van der Waals surface area contributed by atoms with Gasteiger partial charge < -0.3 is 8.95 Å². The van der Waals surface area contributed by atoms with E-state index in [1.807, 2.05) is 21.6 Å². The van der Waals surface area contributed by atoms with Gasteiger partial charge >= 0.3 is 0 Å². The van der Waals surface area contributed by atoms with Crippen molar-refractivity contribution in [1.82, 2.24) is 9.34 Å². The summed E-state index contributed by atoms with van der Waals surface area (Å²) in [6.45, 7) is 26.8. The molecule has 0 unspecified atom stereocenters. The van der Waals surface area contributed by atoms with Crippen LogP contribution < -0.4 is 10.4 Å². The van der Waals surface area contributed by atoms with Gasteiger partial charge in [-0.3, -0.25) is 0 Å². The topological polar surface area (TPSA) is 24.9 Å². The maximum absolute atomic E-state index is 7.04. The van der Waals surface area contributed by atoms with Gasteiger partial charge in [-0.1, -0.05) is 103 Å². The monoisotopic (exact) mass is 622 g/mol. The second-order valence-electron chi connectivity index (χ2n) is 12.4. The minimum atomic E-state index is -2.46. The van der Waals surface area contributed by atoms with E-state index in [-0.39, 0.29) is 5.04 Å². The lowest BCUT2D eigenvalue weighted by atomic mass is 10.2. The van der Waals surface area contributed by atoms with Gasteiger partial charge in [-0.05, 0) is 70.8 Å². The Morgan fingerprint density at radius 3 is 1.38 bits per heavy atom. The molecular formula is C32H55N2O2PS2Si. The average Bonchev–Trinajstić information content (AvgIpc) is 2.87. The molecule has 8 heteroatoms. The number of hydrogen-bond donors (Lipinski definition) is 0. The fourth-order valence-corrected chi connectivity index (χ4v) is 14.3. The lowest BCUT2D eigenvalue weighted by Crippen LogP contribution is -2.66. The van der Waals surface area contributed by atoms with Gasteiger partial charge in [-0.25, -0.2) is 9.34 Å². The summed E-state index contributed by atoms with van der Waals surface area (Å²) in [5.74, 6) is 1.93. The van der Waals surface area contributed by atoms with Crippen LogP contribution in [0.4, 0.5) is 0 Å². The van der Waals surface area contributed by atoms with E-state index < -0.39 is 16.8 Å². The molecule has 0 aliphatic rings. The molecule has 0 aromatic heterocycles. The van der Waals surface area contributed by atoms with Gasteiger partial charge in [0.05, 0.1) is 6.61 Å². The van der Waals surface area contributed by atoms with Crippen LogP contribution in [0.3, 0.4) is 0 Å². The fraction of sp³-hybridized carbons (Fsp3) is 0.625. The lowest BCUT2D eigenvalue weighted by Gasteiger charge is -2.45. The standard InChI is InChI=1S/C32H55N2O2PS2Si/c1-26(2)33(27(3)4)37(34(28(5)6)29(7)8)35-22-24-38-39-25-23-36-40(32(9,10)11,30-18-14-12-15-19-30)31-20-16-13-17-21-31/h12-21,26-29H,22-25H2,1-11H3. The zero-order valence-electron chi connectivity index (χ0n) is 26.9. The Labute approximate surface area is 256 Å². The molecule has 40 heavy (non-hydrogen) atoms. The third-order valence-electron chi connectivity index (χ3n) is 6.87. The van der Waals surface area contributed by atoms with Crippen LogP contribution in [0.1, 0.15) is 76.2 Å². The van der Waals surface area contributed by atoms with Crippen LogP contribution in [-0.2, 0) is 8.95 Å². The molecule has 0 amide bonds. The van der Waals surface area contributed by atoms with Crippen molar-refractivity contribution in [2.45, 2.75) is 105 Å². The van der Waals surface area contributed by atoms with Gasteiger partial charge in [0.1, 0.15) is 0 Å². The van der Waals surface area contributed by atoms with Gasteiger partial charge in [0.15, 0.2) is 8.45 Å². The van der Waals surface area contributed by atoms with E-state index in [1.165, 1.54) is 10.4 Å². The highest BCUT2D eigenvalue weighted by atomic mass is 33.1. The maximum Gasteiger partial charge on any atom is 0.261 e. The molecule has 2 aromatic rings. The minimum Gasteiger partial charge on any atom is -0.407 e. The van der Waals surface area contributed by atoms with E-state index in [0.29, 0.717) is 24.2 Å². The van der Waals surface area contributed by atoms with Crippen LogP contribution in [0.25, 0.3) is 0 Å². The molecule has 226 valence electrons. The highest BCUT2D eigenvalue weighted by Gasteiger charge is 2.50. The Hall–Kier alpha value is -0.373. The third-order valence-corrected chi connectivity index (χ3v) is 17.3. The molecular weight excluding hydrogens is 568 g/mol. The molecule has 0 radical (unpaired) electrons. The van der Waals surface area contributed by atoms with E-state index in [9.17, 15) is 0 Å². The molecule has 4 nitrogen and oxygen atoms in total. The van der Waals surface area contributed by atoms with E-state index in [4.69, 9.17) is 8.95 Å². The number of benzene rings is 2. The average molecular weight is 623 g/mol.